The molecule has 0 aromatic heterocycles. The second-order valence-electron chi connectivity index (χ2n) is 15.0. The van der Waals surface area contributed by atoms with Gasteiger partial charge in [0.05, 0.1) is 33.0 Å². The number of hydrogen-bond donors (Lipinski definition) is 0. The van der Waals surface area contributed by atoms with Gasteiger partial charge in [-0.3, -0.25) is 0 Å². The van der Waals surface area contributed by atoms with Crippen LogP contribution >= 0.6 is 7.26 Å². The lowest BCUT2D eigenvalue weighted by atomic mass is 9.94. The van der Waals surface area contributed by atoms with E-state index in [-0.39, 0.29) is 24.0 Å². The van der Waals surface area contributed by atoms with E-state index in [0.29, 0.717) is 39.2 Å². The molecule has 1 heterocycles. The maximum atomic E-state index is 7.50. The molecular weight excluding hydrogens is 874 g/mol. The quantitative estimate of drug-likeness (QED) is 0.0707. The molecule has 1 fully saturated rings. The van der Waals surface area contributed by atoms with Crippen LogP contribution in [0.15, 0.2) is 212 Å². The van der Waals surface area contributed by atoms with Crippen molar-refractivity contribution >= 4 is 23.2 Å². The van der Waals surface area contributed by atoms with Crippen LogP contribution in [0.3, 0.4) is 0 Å². The van der Waals surface area contributed by atoms with Crippen LogP contribution < -0.4 is 39.9 Å². The minimum atomic E-state index is -2.38. The Morgan fingerprint density at radius 1 is 0.350 bits per heavy atom. The fourth-order valence-electron chi connectivity index (χ4n) is 8.11. The van der Waals surface area contributed by atoms with Gasteiger partial charge in [-0.2, -0.15) is 0 Å². The second-order valence-corrected chi connectivity index (χ2v) is 18.5. The van der Waals surface area contributed by atoms with Crippen LogP contribution in [0, 0.1) is 0 Å². The van der Waals surface area contributed by atoms with Crippen LogP contribution in [0.1, 0.15) is 22.3 Å². The molecule has 0 saturated carbocycles. The van der Waals surface area contributed by atoms with Gasteiger partial charge in [-0.05, 0) is 58.7 Å². The van der Waals surface area contributed by atoms with Gasteiger partial charge in [0, 0.05) is 0 Å². The Morgan fingerprint density at radius 2 is 0.650 bits per heavy atom. The van der Waals surface area contributed by atoms with E-state index < -0.39 is 37.8 Å². The maximum absolute atomic E-state index is 7.50. The monoisotopic (exact) mass is 926 g/mol. The Labute approximate surface area is 373 Å². The van der Waals surface area contributed by atoms with Crippen LogP contribution in [-0.2, 0) is 50.1 Å². The van der Waals surface area contributed by atoms with Gasteiger partial charge >= 0.3 is 0 Å². The zero-order valence-corrected chi connectivity index (χ0v) is 36.8. The first-order valence-electron chi connectivity index (χ1n) is 20.5. The lowest BCUT2D eigenvalue weighted by Gasteiger charge is -2.47. The summed E-state index contributed by atoms with van der Waals surface area (Å²) in [5.74, 6) is 0. The Kier molecular flexibility index (Phi) is 16.3. The predicted molar refractivity (Wildman–Crippen MR) is 240 cm³/mol. The van der Waals surface area contributed by atoms with E-state index in [1.165, 1.54) is 15.9 Å². The van der Waals surface area contributed by atoms with Crippen LogP contribution in [0.5, 0.6) is 0 Å². The van der Waals surface area contributed by atoms with E-state index in [2.05, 4.69) is 164 Å². The van der Waals surface area contributed by atoms with Crippen molar-refractivity contribution in [2.45, 2.75) is 56.9 Å². The molecular formula is C53H52IO5P. The topological polar surface area (TPSA) is 46.2 Å². The van der Waals surface area contributed by atoms with Gasteiger partial charge < -0.3 is 47.7 Å². The van der Waals surface area contributed by atoms with Gasteiger partial charge in [0.1, 0.15) is 59.9 Å². The normalized spacial score (nSPS) is 19.0. The fraction of sp³-hybridized carbons (Fsp3) is 0.208. The third kappa shape index (κ3) is 11.1. The van der Waals surface area contributed by atoms with Gasteiger partial charge in [-0.1, -0.05) is 176 Å². The highest BCUT2D eigenvalue weighted by atomic mass is 127. The number of benzene rings is 7. The van der Waals surface area contributed by atoms with E-state index in [1.807, 2.05) is 48.5 Å². The molecule has 8 rings (SSSR count). The zero-order valence-electron chi connectivity index (χ0n) is 33.7. The molecule has 1 aliphatic heterocycles. The van der Waals surface area contributed by atoms with Crippen molar-refractivity contribution in [3.05, 3.63) is 235 Å². The van der Waals surface area contributed by atoms with Gasteiger partial charge in [-0.15, -0.1) is 0 Å². The van der Waals surface area contributed by atoms with Crippen molar-refractivity contribution in [2.24, 2.45) is 0 Å². The average molecular weight is 927 g/mol. The highest BCUT2D eigenvalue weighted by Crippen LogP contribution is 2.57. The molecule has 1 aliphatic rings. The summed E-state index contributed by atoms with van der Waals surface area (Å²) >= 11 is 0. The molecule has 1 saturated heterocycles. The summed E-state index contributed by atoms with van der Waals surface area (Å²) in [6, 6.07) is 74.2. The SMILES string of the molecule is [I-].c1ccc(COC[C@H]2O[C@@H](C[P+](c3ccccc3)(c3ccccc3)c3ccccc3)[C@H](OCc3ccccc3)[C@@H](OCc3ccccc3)[C@H]2OCc2ccccc2)cc1. The van der Waals surface area contributed by atoms with Gasteiger partial charge in [0.25, 0.3) is 0 Å². The standard InChI is InChI=1S/C53H52O5P.HI/c1-8-22-42(23-9-1)36-54-40-49-51(55-37-43-24-10-2-11-25-43)53(57-39-45-28-14-4-15-29-45)52(56-38-44-26-12-3-13-27-44)50(58-49)41-59(46-30-16-5-17-31-46,47-32-18-6-19-33-47)48-34-20-7-21-35-48;/h1-35,49-53H,36-41H2;1H/q+1;/p-1/t49-,50+,51+,52+,53+;/m1./s1. The molecule has 7 heteroatoms. The van der Waals surface area contributed by atoms with Crippen molar-refractivity contribution in [2.75, 3.05) is 12.8 Å². The largest absolute Gasteiger partial charge is 1.00 e. The summed E-state index contributed by atoms with van der Waals surface area (Å²) in [7, 11) is -2.38. The van der Waals surface area contributed by atoms with Crippen LogP contribution in [0.25, 0.3) is 0 Å². The first-order chi connectivity index (χ1) is 29.3. The lowest BCUT2D eigenvalue weighted by Crippen LogP contribution is -3.00. The van der Waals surface area contributed by atoms with Crippen molar-refractivity contribution in [3.8, 4) is 0 Å². The summed E-state index contributed by atoms with van der Waals surface area (Å²) in [6.45, 7) is 1.94. The molecule has 0 unspecified atom stereocenters. The van der Waals surface area contributed by atoms with E-state index >= 15 is 0 Å². The highest BCUT2D eigenvalue weighted by molar-refractivity contribution is 7.95. The van der Waals surface area contributed by atoms with Crippen molar-refractivity contribution in [3.63, 3.8) is 0 Å². The van der Waals surface area contributed by atoms with Crippen molar-refractivity contribution in [1.82, 2.24) is 0 Å². The van der Waals surface area contributed by atoms with E-state index in [1.54, 1.807) is 0 Å². The predicted octanol–water partition coefficient (Wildman–Crippen LogP) is 6.72. The average Bonchev–Trinajstić information content (AvgIpc) is 3.31. The van der Waals surface area contributed by atoms with Crippen molar-refractivity contribution in [1.29, 1.82) is 0 Å². The minimum absolute atomic E-state index is 0. The summed E-state index contributed by atoms with van der Waals surface area (Å²) in [4.78, 5) is 0. The smallest absolute Gasteiger partial charge is 0.121 e. The molecule has 0 N–H and O–H groups in total. The molecule has 306 valence electrons. The van der Waals surface area contributed by atoms with Crippen LogP contribution in [0.2, 0.25) is 0 Å². The summed E-state index contributed by atoms with van der Waals surface area (Å²) in [6.07, 6.45) is -1.71. The first kappa shape index (κ1) is 43.6. The third-order valence-electron chi connectivity index (χ3n) is 11.0. The Hall–Kier alpha value is -4.50. The number of ether oxygens (including phenoxy) is 5. The van der Waals surface area contributed by atoms with E-state index in [0.717, 1.165) is 22.3 Å². The molecule has 0 aliphatic carbocycles. The molecule has 0 bridgehead atoms. The second kappa shape index (κ2) is 22.4. The van der Waals surface area contributed by atoms with Gasteiger partial charge in [-0.25, -0.2) is 0 Å². The molecule has 0 radical (unpaired) electrons. The molecule has 7 aromatic carbocycles. The van der Waals surface area contributed by atoms with E-state index in [4.69, 9.17) is 23.7 Å². The summed E-state index contributed by atoms with van der Waals surface area (Å²) < 4.78 is 35.4. The van der Waals surface area contributed by atoms with Gasteiger partial charge in [0.2, 0.25) is 0 Å². The van der Waals surface area contributed by atoms with Crippen molar-refractivity contribution < 1.29 is 47.7 Å². The lowest BCUT2D eigenvalue weighted by molar-refractivity contribution is -0.268. The molecule has 0 amide bonds. The Balaban J connectivity index is 0.00000544. The van der Waals surface area contributed by atoms with Crippen LogP contribution in [-0.4, -0.2) is 43.3 Å². The van der Waals surface area contributed by atoms with E-state index in [9.17, 15) is 0 Å². The molecule has 60 heavy (non-hydrogen) atoms. The zero-order chi connectivity index (χ0) is 40.0. The van der Waals surface area contributed by atoms with Gasteiger partial charge in [0.15, 0.2) is 0 Å². The molecule has 5 atom stereocenters. The van der Waals surface area contributed by atoms with Crippen LogP contribution in [0.4, 0.5) is 0 Å². The Morgan fingerprint density at radius 3 is 1.02 bits per heavy atom. The molecule has 0 spiro atoms. The summed E-state index contributed by atoms with van der Waals surface area (Å²) in [5.41, 5.74) is 4.34. The maximum Gasteiger partial charge on any atom is 0.121 e. The molecule has 7 aromatic rings. The first-order valence-corrected chi connectivity index (χ1v) is 22.5. The third-order valence-corrected chi connectivity index (χ3v) is 15.5. The minimum Gasteiger partial charge on any atom is -1.00 e. The Bertz CT molecular complexity index is 2140. The summed E-state index contributed by atoms with van der Waals surface area (Å²) in [5, 5.41) is 3.84. The number of rotatable bonds is 18. The number of hydrogen-bond acceptors (Lipinski definition) is 5. The molecule has 5 nitrogen and oxygen atoms in total. The highest BCUT2D eigenvalue weighted by Gasteiger charge is 2.55. The number of halogens is 1. The fourth-order valence-corrected chi connectivity index (χ4v) is 12.5.